The monoisotopic (exact) mass is 349 g/mol. The van der Waals surface area contributed by atoms with Crippen LogP contribution in [0.25, 0.3) is 0 Å². The van der Waals surface area contributed by atoms with Crippen LogP contribution in [0.1, 0.15) is 16.1 Å². The molecule has 0 spiro atoms. The van der Waals surface area contributed by atoms with Crippen LogP contribution in [0.15, 0.2) is 28.9 Å². The maximum absolute atomic E-state index is 12.0. The average Bonchev–Trinajstić information content (AvgIpc) is 2.88. The molecule has 1 aromatic heterocycles. The third-order valence-electron chi connectivity index (χ3n) is 2.42. The zero-order chi connectivity index (χ0) is 15.4. The maximum Gasteiger partial charge on any atom is 0.325 e. The van der Waals surface area contributed by atoms with Gasteiger partial charge in [0.05, 0.1) is 17.4 Å². The average molecular weight is 350 g/mol. The Balaban J connectivity index is 2.17. The lowest BCUT2D eigenvalue weighted by atomic mass is 10.2. The predicted octanol–water partition coefficient (Wildman–Crippen LogP) is 1.25. The summed E-state index contributed by atoms with van der Waals surface area (Å²) in [6.45, 7) is -0.387. The van der Waals surface area contributed by atoms with Crippen molar-refractivity contribution in [3.8, 4) is 6.07 Å². The number of hydrogen-bond acceptors (Lipinski definition) is 5. The Morgan fingerprint density at radius 1 is 1.48 bits per heavy atom. The second kappa shape index (κ2) is 6.15. The fraction of sp³-hybridized carbons (Fsp3) is 0.0833. The summed E-state index contributed by atoms with van der Waals surface area (Å²) in [4.78, 5) is 22.5. The number of carbonyl (C=O) groups is 2. The number of anilines is 1. The fourth-order valence-corrected chi connectivity index (χ4v) is 1.88. The largest absolute Gasteiger partial charge is 0.480 e. The Morgan fingerprint density at radius 2 is 2.24 bits per heavy atom. The van der Waals surface area contributed by atoms with E-state index in [9.17, 15) is 9.59 Å². The first-order valence-electron chi connectivity index (χ1n) is 5.62. The molecule has 0 atom stereocenters. The SMILES string of the molecule is N#Cc1cc(Br)ccc1NC(=O)c1cn(CC(=O)O)nn1. The van der Waals surface area contributed by atoms with E-state index >= 15 is 0 Å². The summed E-state index contributed by atoms with van der Waals surface area (Å²) in [5.74, 6) is -1.67. The Hall–Kier alpha value is -2.73. The number of nitrogens with zero attached hydrogens (tertiary/aromatic N) is 4. The topological polar surface area (TPSA) is 121 Å². The first-order valence-corrected chi connectivity index (χ1v) is 6.42. The molecule has 1 aromatic carbocycles. The third-order valence-corrected chi connectivity index (χ3v) is 2.91. The lowest BCUT2D eigenvalue weighted by Crippen LogP contribution is -2.13. The Labute approximate surface area is 127 Å². The number of aromatic nitrogens is 3. The van der Waals surface area contributed by atoms with E-state index in [1.807, 2.05) is 6.07 Å². The fourth-order valence-electron chi connectivity index (χ4n) is 1.52. The second-order valence-electron chi connectivity index (χ2n) is 3.95. The molecule has 0 saturated carbocycles. The van der Waals surface area contributed by atoms with Crippen LogP contribution >= 0.6 is 15.9 Å². The number of hydrogen-bond donors (Lipinski definition) is 2. The van der Waals surface area contributed by atoms with Gasteiger partial charge >= 0.3 is 5.97 Å². The molecule has 1 amide bonds. The minimum Gasteiger partial charge on any atom is -0.480 e. The van der Waals surface area contributed by atoms with E-state index in [1.54, 1.807) is 18.2 Å². The van der Waals surface area contributed by atoms with Crippen molar-refractivity contribution in [2.75, 3.05) is 5.32 Å². The van der Waals surface area contributed by atoms with Crippen LogP contribution in [0.5, 0.6) is 0 Å². The van der Waals surface area contributed by atoms with Gasteiger partial charge < -0.3 is 10.4 Å². The van der Waals surface area contributed by atoms with Crippen LogP contribution in [0, 0.1) is 11.3 Å². The van der Waals surface area contributed by atoms with Gasteiger partial charge in [-0.2, -0.15) is 5.26 Å². The van der Waals surface area contributed by atoms with Crippen LogP contribution in [-0.4, -0.2) is 32.0 Å². The molecule has 106 valence electrons. The highest BCUT2D eigenvalue weighted by atomic mass is 79.9. The third kappa shape index (κ3) is 3.64. The van der Waals surface area contributed by atoms with Gasteiger partial charge in [-0.15, -0.1) is 5.10 Å². The molecule has 0 saturated heterocycles. The standard InChI is InChI=1S/C12H8BrN5O3/c13-8-1-2-9(7(3-8)4-14)15-12(21)10-5-18(17-16-10)6-11(19)20/h1-3,5H,6H2,(H,15,21)(H,19,20). The number of carboxylic acid groups (broad SMARTS) is 1. The molecule has 1 heterocycles. The van der Waals surface area contributed by atoms with Crippen LogP contribution in [-0.2, 0) is 11.3 Å². The van der Waals surface area contributed by atoms with Crippen molar-refractivity contribution in [2.45, 2.75) is 6.54 Å². The molecule has 0 aliphatic carbocycles. The van der Waals surface area contributed by atoms with Gasteiger partial charge in [0.25, 0.3) is 5.91 Å². The molecule has 0 aliphatic rings. The number of carbonyl (C=O) groups excluding carboxylic acids is 1. The first-order chi connectivity index (χ1) is 9.99. The Morgan fingerprint density at radius 3 is 2.90 bits per heavy atom. The van der Waals surface area contributed by atoms with Gasteiger partial charge in [0, 0.05) is 4.47 Å². The first kappa shape index (κ1) is 14.7. The highest BCUT2D eigenvalue weighted by Crippen LogP contribution is 2.20. The molecule has 21 heavy (non-hydrogen) atoms. The van der Waals surface area contributed by atoms with Crippen LogP contribution in [0.3, 0.4) is 0 Å². The summed E-state index contributed by atoms with van der Waals surface area (Å²) >= 11 is 3.23. The van der Waals surface area contributed by atoms with E-state index < -0.39 is 11.9 Å². The lowest BCUT2D eigenvalue weighted by molar-refractivity contribution is -0.137. The molecule has 2 N–H and O–H groups in total. The van der Waals surface area contributed by atoms with Crippen molar-refractivity contribution < 1.29 is 14.7 Å². The summed E-state index contributed by atoms with van der Waals surface area (Å²) in [5.41, 5.74) is 0.581. The lowest BCUT2D eigenvalue weighted by Gasteiger charge is -2.05. The van der Waals surface area contributed by atoms with E-state index in [0.717, 1.165) is 4.68 Å². The van der Waals surface area contributed by atoms with Crippen LogP contribution in [0.4, 0.5) is 5.69 Å². The van der Waals surface area contributed by atoms with Gasteiger partial charge in [-0.05, 0) is 18.2 Å². The van der Waals surface area contributed by atoms with Gasteiger partial charge in [-0.25, -0.2) is 4.68 Å². The number of halogens is 1. The zero-order valence-electron chi connectivity index (χ0n) is 10.4. The number of benzene rings is 1. The summed E-state index contributed by atoms with van der Waals surface area (Å²) in [6, 6.07) is 6.78. The van der Waals surface area contributed by atoms with Gasteiger partial charge in [0.15, 0.2) is 5.69 Å². The number of nitrogens with one attached hydrogen (secondary N) is 1. The number of amides is 1. The molecule has 2 rings (SSSR count). The molecule has 0 radical (unpaired) electrons. The number of carboxylic acids is 1. The number of rotatable bonds is 4. The van der Waals surface area contributed by atoms with Gasteiger partial charge in [0.1, 0.15) is 12.6 Å². The summed E-state index contributed by atoms with van der Waals surface area (Å²) in [7, 11) is 0. The minimum absolute atomic E-state index is 0.0388. The van der Waals surface area contributed by atoms with E-state index in [1.165, 1.54) is 6.20 Å². The summed E-state index contributed by atoms with van der Waals surface area (Å²) < 4.78 is 1.74. The van der Waals surface area contributed by atoms with Crippen molar-refractivity contribution >= 4 is 33.5 Å². The number of nitriles is 1. The molecule has 2 aromatic rings. The summed E-state index contributed by atoms with van der Waals surface area (Å²) in [6.07, 6.45) is 1.22. The molecule has 9 heteroatoms. The van der Waals surface area contributed by atoms with Gasteiger partial charge in [-0.3, -0.25) is 9.59 Å². The zero-order valence-corrected chi connectivity index (χ0v) is 12.0. The van der Waals surface area contributed by atoms with E-state index in [4.69, 9.17) is 10.4 Å². The number of aliphatic carboxylic acids is 1. The molecule has 8 nitrogen and oxygen atoms in total. The van der Waals surface area contributed by atoms with Gasteiger partial charge in [-0.1, -0.05) is 21.1 Å². The Kier molecular flexibility index (Phi) is 4.30. The normalized spacial score (nSPS) is 9.90. The molecule has 0 unspecified atom stereocenters. The molecular weight excluding hydrogens is 342 g/mol. The van der Waals surface area contributed by atoms with Crippen LogP contribution < -0.4 is 5.32 Å². The highest BCUT2D eigenvalue weighted by molar-refractivity contribution is 9.10. The molecular formula is C12H8BrN5O3. The molecule has 0 bridgehead atoms. The van der Waals surface area contributed by atoms with Crippen molar-refractivity contribution in [2.24, 2.45) is 0 Å². The molecule has 0 fully saturated rings. The maximum atomic E-state index is 12.0. The second-order valence-corrected chi connectivity index (χ2v) is 4.87. The van der Waals surface area contributed by atoms with Crippen molar-refractivity contribution in [3.63, 3.8) is 0 Å². The van der Waals surface area contributed by atoms with Crippen LogP contribution in [0.2, 0.25) is 0 Å². The smallest absolute Gasteiger partial charge is 0.325 e. The minimum atomic E-state index is -1.09. The van der Waals surface area contributed by atoms with E-state index in [-0.39, 0.29) is 17.8 Å². The molecule has 0 aliphatic heterocycles. The van der Waals surface area contributed by atoms with E-state index in [0.29, 0.717) is 10.2 Å². The Bertz CT molecular complexity index is 750. The highest BCUT2D eigenvalue weighted by Gasteiger charge is 2.14. The summed E-state index contributed by atoms with van der Waals surface area (Å²) in [5, 5.41) is 27.3. The van der Waals surface area contributed by atoms with Crippen molar-refractivity contribution in [1.29, 1.82) is 5.26 Å². The van der Waals surface area contributed by atoms with Crippen molar-refractivity contribution in [3.05, 3.63) is 40.1 Å². The van der Waals surface area contributed by atoms with Gasteiger partial charge in [0.2, 0.25) is 0 Å². The van der Waals surface area contributed by atoms with Crippen molar-refractivity contribution in [1.82, 2.24) is 15.0 Å². The predicted molar refractivity (Wildman–Crippen MR) is 74.5 cm³/mol. The van der Waals surface area contributed by atoms with E-state index in [2.05, 4.69) is 31.6 Å². The quantitative estimate of drug-likeness (QED) is 0.856.